The molecule has 1 aromatic carbocycles. The molecule has 6 heteroatoms. The highest BCUT2D eigenvalue weighted by Crippen LogP contribution is 2.32. The van der Waals surface area contributed by atoms with E-state index in [9.17, 15) is 4.79 Å². The third kappa shape index (κ3) is 4.53. The highest BCUT2D eigenvalue weighted by molar-refractivity contribution is 7.15. The summed E-state index contributed by atoms with van der Waals surface area (Å²) in [6.45, 7) is 4.49. The Morgan fingerprint density at radius 2 is 2.09 bits per heavy atom. The fraction of sp³-hybridized carbons (Fsp3) is 0.412. The monoisotopic (exact) mass is 333 g/mol. The van der Waals surface area contributed by atoms with Gasteiger partial charge in [0.1, 0.15) is 10.8 Å². The van der Waals surface area contributed by atoms with Crippen LogP contribution in [0.1, 0.15) is 36.4 Å². The van der Waals surface area contributed by atoms with E-state index in [1.165, 1.54) is 0 Å². The van der Waals surface area contributed by atoms with Crippen molar-refractivity contribution in [1.82, 2.24) is 10.3 Å². The summed E-state index contributed by atoms with van der Waals surface area (Å²) < 4.78 is 5.17. The molecule has 0 saturated carbocycles. The standard InChI is InChI=1S/C17H23N3O2S/c1-11(19-15(21)5-4-10-18)16-12(2)20-17(23-16)13-6-8-14(22-3)9-7-13/h6-9,11H,4-5,10,18H2,1-3H3,(H,19,21). The van der Waals surface area contributed by atoms with Gasteiger partial charge in [-0.25, -0.2) is 4.98 Å². The number of hydrogen-bond acceptors (Lipinski definition) is 5. The second kappa shape index (κ2) is 8.08. The van der Waals surface area contributed by atoms with Crippen LogP contribution < -0.4 is 15.8 Å². The molecule has 0 fully saturated rings. The number of nitrogens with two attached hydrogens (primary N) is 1. The van der Waals surface area contributed by atoms with Gasteiger partial charge in [0.05, 0.1) is 23.7 Å². The first kappa shape index (κ1) is 17.4. The summed E-state index contributed by atoms with van der Waals surface area (Å²) in [6.07, 6.45) is 1.17. The maximum atomic E-state index is 11.8. The SMILES string of the molecule is COc1ccc(-c2nc(C)c(C(C)NC(=O)CCCN)s2)cc1. The Kier molecular flexibility index (Phi) is 6.12. The van der Waals surface area contributed by atoms with Gasteiger partial charge in [0, 0.05) is 12.0 Å². The van der Waals surface area contributed by atoms with Crippen molar-refractivity contribution in [2.45, 2.75) is 32.7 Å². The lowest BCUT2D eigenvalue weighted by Gasteiger charge is -2.12. The minimum atomic E-state index is -0.0511. The van der Waals surface area contributed by atoms with E-state index in [4.69, 9.17) is 10.5 Å². The minimum Gasteiger partial charge on any atom is -0.497 e. The van der Waals surface area contributed by atoms with Crippen molar-refractivity contribution in [1.29, 1.82) is 0 Å². The van der Waals surface area contributed by atoms with Crippen LogP contribution in [0.25, 0.3) is 10.6 Å². The molecule has 0 bridgehead atoms. The van der Waals surface area contributed by atoms with E-state index in [0.717, 1.165) is 26.9 Å². The number of aromatic nitrogens is 1. The first-order chi connectivity index (χ1) is 11.0. The molecule has 124 valence electrons. The summed E-state index contributed by atoms with van der Waals surface area (Å²) in [5.74, 6) is 0.851. The van der Waals surface area contributed by atoms with Crippen LogP contribution in [-0.2, 0) is 4.79 Å². The molecule has 2 rings (SSSR count). The molecule has 1 unspecified atom stereocenters. The van der Waals surface area contributed by atoms with Crippen LogP contribution in [0.2, 0.25) is 0 Å². The second-order valence-corrected chi connectivity index (χ2v) is 6.41. The summed E-state index contributed by atoms with van der Waals surface area (Å²) in [7, 11) is 1.65. The largest absolute Gasteiger partial charge is 0.497 e. The number of amides is 1. The van der Waals surface area contributed by atoms with Gasteiger partial charge >= 0.3 is 0 Å². The average molecular weight is 333 g/mol. The number of rotatable bonds is 7. The molecule has 1 atom stereocenters. The van der Waals surface area contributed by atoms with Crippen molar-refractivity contribution in [3.05, 3.63) is 34.8 Å². The number of thiazole rings is 1. The van der Waals surface area contributed by atoms with Gasteiger partial charge in [-0.1, -0.05) is 0 Å². The molecule has 1 aromatic heterocycles. The van der Waals surface area contributed by atoms with E-state index in [1.807, 2.05) is 38.1 Å². The Bertz CT molecular complexity index is 652. The maximum Gasteiger partial charge on any atom is 0.220 e. The lowest BCUT2D eigenvalue weighted by molar-refractivity contribution is -0.121. The summed E-state index contributed by atoms with van der Waals surface area (Å²) in [5, 5.41) is 3.96. The Morgan fingerprint density at radius 3 is 2.70 bits per heavy atom. The Labute approximate surface area is 140 Å². The number of benzene rings is 1. The number of carbonyl (C=O) groups excluding carboxylic acids is 1. The van der Waals surface area contributed by atoms with E-state index in [0.29, 0.717) is 19.4 Å². The zero-order chi connectivity index (χ0) is 16.8. The highest BCUT2D eigenvalue weighted by atomic mass is 32.1. The van der Waals surface area contributed by atoms with E-state index in [1.54, 1.807) is 18.4 Å². The van der Waals surface area contributed by atoms with Crippen LogP contribution in [0.15, 0.2) is 24.3 Å². The normalized spacial score (nSPS) is 12.0. The van der Waals surface area contributed by atoms with Gasteiger partial charge in [0.25, 0.3) is 0 Å². The van der Waals surface area contributed by atoms with Gasteiger partial charge in [0.15, 0.2) is 0 Å². The Morgan fingerprint density at radius 1 is 1.39 bits per heavy atom. The predicted octanol–water partition coefficient (Wildman–Crippen LogP) is 3.04. The number of nitrogens with one attached hydrogen (secondary N) is 1. The molecular weight excluding hydrogens is 310 g/mol. The van der Waals surface area contributed by atoms with E-state index in [2.05, 4.69) is 10.3 Å². The fourth-order valence-electron chi connectivity index (χ4n) is 2.31. The second-order valence-electron chi connectivity index (χ2n) is 5.38. The van der Waals surface area contributed by atoms with Gasteiger partial charge in [-0.2, -0.15) is 0 Å². The number of ether oxygens (including phenoxy) is 1. The molecule has 1 heterocycles. The van der Waals surface area contributed by atoms with Crippen LogP contribution in [0.3, 0.4) is 0 Å². The molecular formula is C17H23N3O2S. The Hall–Kier alpha value is -1.92. The van der Waals surface area contributed by atoms with E-state index < -0.39 is 0 Å². The van der Waals surface area contributed by atoms with Crippen molar-refractivity contribution in [3.8, 4) is 16.3 Å². The molecule has 5 nitrogen and oxygen atoms in total. The van der Waals surface area contributed by atoms with Gasteiger partial charge in [-0.3, -0.25) is 4.79 Å². The lowest BCUT2D eigenvalue weighted by atomic mass is 10.2. The third-order valence-electron chi connectivity index (χ3n) is 3.55. The topological polar surface area (TPSA) is 77.2 Å². The third-order valence-corrected chi connectivity index (χ3v) is 4.94. The van der Waals surface area contributed by atoms with Crippen molar-refractivity contribution < 1.29 is 9.53 Å². The van der Waals surface area contributed by atoms with E-state index >= 15 is 0 Å². The van der Waals surface area contributed by atoms with Crippen LogP contribution in [0.4, 0.5) is 0 Å². The number of methoxy groups -OCH3 is 1. The summed E-state index contributed by atoms with van der Waals surface area (Å²) in [5.41, 5.74) is 7.43. The smallest absolute Gasteiger partial charge is 0.220 e. The molecule has 0 aliphatic heterocycles. The lowest BCUT2D eigenvalue weighted by Crippen LogP contribution is -2.26. The highest BCUT2D eigenvalue weighted by Gasteiger charge is 2.17. The van der Waals surface area contributed by atoms with Gasteiger partial charge in [-0.05, 0) is 51.1 Å². The first-order valence-corrected chi connectivity index (χ1v) is 8.48. The van der Waals surface area contributed by atoms with Gasteiger partial charge in [-0.15, -0.1) is 11.3 Å². The molecule has 3 N–H and O–H groups in total. The quantitative estimate of drug-likeness (QED) is 0.816. The van der Waals surface area contributed by atoms with Crippen molar-refractivity contribution >= 4 is 17.2 Å². The zero-order valence-electron chi connectivity index (χ0n) is 13.8. The predicted molar refractivity (Wildman–Crippen MR) is 93.7 cm³/mol. The number of hydrogen-bond donors (Lipinski definition) is 2. The molecule has 1 amide bonds. The summed E-state index contributed by atoms with van der Waals surface area (Å²) >= 11 is 1.61. The average Bonchev–Trinajstić information content (AvgIpc) is 2.95. The van der Waals surface area contributed by atoms with Gasteiger partial charge in [0.2, 0.25) is 5.91 Å². The fourth-order valence-corrected chi connectivity index (χ4v) is 3.38. The Balaban J connectivity index is 2.11. The van der Waals surface area contributed by atoms with E-state index in [-0.39, 0.29) is 11.9 Å². The molecule has 0 aliphatic carbocycles. The maximum absolute atomic E-state index is 11.8. The zero-order valence-corrected chi connectivity index (χ0v) is 14.6. The van der Waals surface area contributed by atoms with Crippen LogP contribution in [0.5, 0.6) is 5.75 Å². The molecule has 0 aliphatic rings. The molecule has 0 saturated heterocycles. The summed E-state index contributed by atoms with van der Waals surface area (Å²) in [4.78, 5) is 17.6. The van der Waals surface area contributed by atoms with Crippen LogP contribution in [0, 0.1) is 6.92 Å². The van der Waals surface area contributed by atoms with Crippen molar-refractivity contribution in [2.75, 3.05) is 13.7 Å². The number of nitrogens with zero attached hydrogens (tertiary/aromatic N) is 1. The molecule has 2 aromatic rings. The first-order valence-electron chi connectivity index (χ1n) is 7.66. The summed E-state index contributed by atoms with van der Waals surface area (Å²) in [6, 6.07) is 7.77. The van der Waals surface area contributed by atoms with Crippen LogP contribution >= 0.6 is 11.3 Å². The van der Waals surface area contributed by atoms with Crippen LogP contribution in [-0.4, -0.2) is 24.5 Å². The molecule has 23 heavy (non-hydrogen) atoms. The van der Waals surface area contributed by atoms with Crippen molar-refractivity contribution in [3.63, 3.8) is 0 Å². The molecule has 0 spiro atoms. The number of aryl methyl sites for hydroxylation is 1. The van der Waals surface area contributed by atoms with Gasteiger partial charge < -0.3 is 15.8 Å². The molecule has 0 radical (unpaired) electrons. The van der Waals surface area contributed by atoms with Crippen molar-refractivity contribution in [2.24, 2.45) is 5.73 Å². The minimum absolute atomic E-state index is 0.0294. The number of carbonyl (C=O) groups is 1.